The monoisotopic (exact) mass is 317 g/mol. The summed E-state index contributed by atoms with van der Waals surface area (Å²) in [5, 5.41) is 6.28. The van der Waals surface area contributed by atoms with E-state index in [2.05, 4.69) is 59.9 Å². The predicted octanol–water partition coefficient (Wildman–Crippen LogP) is 3.85. The van der Waals surface area contributed by atoms with E-state index in [0.29, 0.717) is 13.2 Å². The lowest BCUT2D eigenvalue weighted by Gasteiger charge is -2.30. The maximum Gasteiger partial charge on any atom is 0.161 e. The molecule has 5 rings (SSSR count). The molecular formula is C21H19NO2. The average molecular weight is 317 g/mol. The van der Waals surface area contributed by atoms with E-state index in [0.717, 1.165) is 24.5 Å². The minimum atomic E-state index is 0.190. The standard InChI is InChI=1S/C21H19NO2/c1-2-6-16-14(4-1)5-3-7-17(16)21-18-13-20-19(23-10-11-24-20)12-15(18)8-9-22-21/h1-7,12-13,21-22H,8-11H2. The zero-order chi connectivity index (χ0) is 15.9. The van der Waals surface area contributed by atoms with Crippen LogP contribution in [0.4, 0.5) is 0 Å². The summed E-state index contributed by atoms with van der Waals surface area (Å²) in [7, 11) is 0. The fourth-order valence-corrected chi connectivity index (χ4v) is 3.87. The number of benzene rings is 3. The van der Waals surface area contributed by atoms with Crippen LogP contribution in [0, 0.1) is 0 Å². The van der Waals surface area contributed by atoms with Crippen molar-refractivity contribution in [2.75, 3.05) is 19.8 Å². The number of fused-ring (bicyclic) bond motifs is 3. The van der Waals surface area contributed by atoms with Crippen LogP contribution >= 0.6 is 0 Å². The first-order valence-corrected chi connectivity index (χ1v) is 8.53. The van der Waals surface area contributed by atoms with Crippen molar-refractivity contribution in [2.45, 2.75) is 12.5 Å². The molecule has 2 aliphatic heterocycles. The SMILES string of the molecule is c1ccc2c(C3NCCc4cc5c(cc43)OCCO5)cccc2c1. The van der Waals surface area contributed by atoms with Gasteiger partial charge in [-0.25, -0.2) is 0 Å². The highest BCUT2D eigenvalue weighted by molar-refractivity contribution is 5.86. The summed E-state index contributed by atoms with van der Waals surface area (Å²) < 4.78 is 11.6. The lowest BCUT2D eigenvalue weighted by Crippen LogP contribution is -2.31. The average Bonchev–Trinajstić information content (AvgIpc) is 2.65. The molecule has 0 aliphatic carbocycles. The Kier molecular flexibility index (Phi) is 3.20. The zero-order valence-electron chi connectivity index (χ0n) is 13.4. The molecule has 0 spiro atoms. The maximum absolute atomic E-state index is 5.81. The van der Waals surface area contributed by atoms with Crippen molar-refractivity contribution in [3.8, 4) is 11.5 Å². The highest BCUT2D eigenvalue weighted by atomic mass is 16.6. The van der Waals surface area contributed by atoms with Crippen LogP contribution in [0.5, 0.6) is 11.5 Å². The van der Waals surface area contributed by atoms with Gasteiger partial charge >= 0.3 is 0 Å². The van der Waals surface area contributed by atoms with Gasteiger partial charge in [-0.3, -0.25) is 0 Å². The van der Waals surface area contributed by atoms with Gasteiger partial charge in [-0.15, -0.1) is 0 Å². The maximum atomic E-state index is 5.81. The van der Waals surface area contributed by atoms with E-state index in [9.17, 15) is 0 Å². The van der Waals surface area contributed by atoms with E-state index in [1.807, 2.05) is 0 Å². The molecule has 3 aromatic rings. The second-order valence-electron chi connectivity index (χ2n) is 6.40. The van der Waals surface area contributed by atoms with Gasteiger partial charge in [0.1, 0.15) is 13.2 Å². The molecule has 0 radical (unpaired) electrons. The minimum absolute atomic E-state index is 0.190. The Hall–Kier alpha value is -2.52. The van der Waals surface area contributed by atoms with Gasteiger partial charge in [0.05, 0.1) is 6.04 Å². The lowest BCUT2D eigenvalue weighted by atomic mass is 9.87. The van der Waals surface area contributed by atoms with Crippen molar-refractivity contribution in [1.29, 1.82) is 0 Å². The number of hydrogen-bond acceptors (Lipinski definition) is 3. The van der Waals surface area contributed by atoms with Crippen molar-refractivity contribution in [2.24, 2.45) is 0 Å². The Morgan fingerprint density at radius 3 is 2.54 bits per heavy atom. The first-order chi connectivity index (χ1) is 11.9. The van der Waals surface area contributed by atoms with E-state index >= 15 is 0 Å². The van der Waals surface area contributed by atoms with Crippen LogP contribution in [0.25, 0.3) is 10.8 Å². The molecule has 1 unspecified atom stereocenters. The van der Waals surface area contributed by atoms with Gasteiger partial charge in [-0.1, -0.05) is 42.5 Å². The summed E-state index contributed by atoms with van der Waals surface area (Å²) in [6, 6.07) is 19.7. The summed E-state index contributed by atoms with van der Waals surface area (Å²) in [4.78, 5) is 0. The van der Waals surface area contributed by atoms with E-state index in [-0.39, 0.29) is 6.04 Å². The van der Waals surface area contributed by atoms with Gasteiger partial charge in [-0.05, 0) is 46.0 Å². The molecule has 1 atom stereocenters. The number of nitrogens with one attached hydrogen (secondary N) is 1. The van der Waals surface area contributed by atoms with Crippen molar-refractivity contribution >= 4 is 10.8 Å². The van der Waals surface area contributed by atoms with Gasteiger partial charge in [0.25, 0.3) is 0 Å². The number of hydrogen-bond donors (Lipinski definition) is 1. The number of rotatable bonds is 1. The molecular weight excluding hydrogens is 298 g/mol. The zero-order valence-corrected chi connectivity index (χ0v) is 13.4. The molecule has 3 heteroatoms. The molecule has 0 bridgehead atoms. The van der Waals surface area contributed by atoms with Crippen LogP contribution in [0.3, 0.4) is 0 Å². The molecule has 24 heavy (non-hydrogen) atoms. The molecule has 0 fully saturated rings. The lowest BCUT2D eigenvalue weighted by molar-refractivity contribution is 0.171. The smallest absolute Gasteiger partial charge is 0.161 e. The van der Waals surface area contributed by atoms with E-state index in [4.69, 9.17) is 9.47 Å². The van der Waals surface area contributed by atoms with Gasteiger partial charge in [0.2, 0.25) is 0 Å². The van der Waals surface area contributed by atoms with Crippen LogP contribution in [-0.2, 0) is 6.42 Å². The van der Waals surface area contributed by atoms with Crippen molar-refractivity contribution in [3.05, 3.63) is 71.3 Å². The van der Waals surface area contributed by atoms with Crippen LogP contribution in [-0.4, -0.2) is 19.8 Å². The third kappa shape index (κ3) is 2.16. The van der Waals surface area contributed by atoms with Crippen LogP contribution in [0.1, 0.15) is 22.7 Å². The van der Waals surface area contributed by atoms with E-state index in [1.165, 1.54) is 27.5 Å². The highest BCUT2D eigenvalue weighted by Gasteiger charge is 2.26. The summed E-state index contributed by atoms with van der Waals surface area (Å²) in [6.45, 7) is 2.23. The van der Waals surface area contributed by atoms with Gasteiger partial charge in [0, 0.05) is 6.54 Å². The second kappa shape index (κ2) is 5.53. The summed E-state index contributed by atoms with van der Waals surface area (Å²) in [5.41, 5.74) is 3.99. The van der Waals surface area contributed by atoms with Crippen molar-refractivity contribution in [1.82, 2.24) is 5.32 Å². The van der Waals surface area contributed by atoms with Crippen molar-refractivity contribution in [3.63, 3.8) is 0 Å². The highest BCUT2D eigenvalue weighted by Crippen LogP contribution is 2.40. The molecule has 120 valence electrons. The van der Waals surface area contributed by atoms with E-state index < -0.39 is 0 Å². The molecule has 0 saturated carbocycles. The first-order valence-electron chi connectivity index (χ1n) is 8.53. The second-order valence-corrected chi connectivity index (χ2v) is 6.40. The van der Waals surface area contributed by atoms with E-state index in [1.54, 1.807) is 0 Å². The fraction of sp³-hybridized carbons (Fsp3) is 0.238. The quantitative estimate of drug-likeness (QED) is 0.739. The normalized spacial score (nSPS) is 19.1. The molecule has 2 aliphatic rings. The molecule has 0 aromatic heterocycles. The molecule has 0 saturated heterocycles. The Labute approximate surface area is 141 Å². The van der Waals surface area contributed by atoms with Gasteiger partial charge in [0.15, 0.2) is 11.5 Å². The molecule has 0 amide bonds. The summed E-state index contributed by atoms with van der Waals surface area (Å²) >= 11 is 0. The number of ether oxygens (including phenoxy) is 2. The third-order valence-electron chi connectivity index (χ3n) is 4.99. The Bertz CT molecular complexity index is 914. The topological polar surface area (TPSA) is 30.5 Å². The first kappa shape index (κ1) is 13.9. The minimum Gasteiger partial charge on any atom is -0.486 e. The molecule has 2 heterocycles. The Morgan fingerprint density at radius 1 is 0.833 bits per heavy atom. The van der Waals surface area contributed by atoms with Crippen molar-refractivity contribution < 1.29 is 9.47 Å². The Morgan fingerprint density at radius 2 is 1.62 bits per heavy atom. The predicted molar refractivity (Wildman–Crippen MR) is 94.9 cm³/mol. The van der Waals surface area contributed by atoms with Gasteiger partial charge in [-0.2, -0.15) is 0 Å². The fourth-order valence-electron chi connectivity index (χ4n) is 3.87. The van der Waals surface area contributed by atoms with Gasteiger partial charge < -0.3 is 14.8 Å². The molecule has 1 N–H and O–H groups in total. The summed E-state index contributed by atoms with van der Waals surface area (Å²) in [6.07, 6.45) is 1.02. The van der Waals surface area contributed by atoms with Crippen LogP contribution in [0.2, 0.25) is 0 Å². The van der Waals surface area contributed by atoms with Crippen LogP contribution in [0.15, 0.2) is 54.6 Å². The molecule has 3 aromatic carbocycles. The summed E-state index contributed by atoms with van der Waals surface area (Å²) in [5.74, 6) is 1.76. The van der Waals surface area contributed by atoms with Crippen LogP contribution < -0.4 is 14.8 Å². The third-order valence-corrected chi connectivity index (χ3v) is 4.99. The molecule has 3 nitrogen and oxygen atoms in total. The largest absolute Gasteiger partial charge is 0.486 e. The Balaban J connectivity index is 1.68.